The van der Waals surface area contributed by atoms with Crippen LogP contribution < -0.4 is 10.1 Å². The maximum absolute atomic E-state index is 13.4. The van der Waals surface area contributed by atoms with E-state index in [0.717, 1.165) is 36.6 Å². The molecule has 152 valence electrons. The lowest BCUT2D eigenvalue weighted by atomic mass is 9.90. The third kappa shape index (κ3) is 6.20. The van der Waals surface area contributed by atoms with Gasteiger partial charge in [0.2, 0.25) is 0 Å². The highest BCUT2D eigenvalue weighted by Crippen LogP contribution is 2.23. The molecule has 28 heavy (non-hydrogen) atoms. The lowest BCUT2D eigenvalue weighted by Gasteiger charge is -2.30. The van der Waals surface area contributed by atoms with Crippen LogP contribution in [0.4, 0.5) is 8.78 Å². The van der Waals surface area contributed by atoms with Gasteiger partial charge in [0.1, 0.15) is 17.4 Å². The summed E-state index contributed by atoms with van der Waals surface area (Å²) in [7, 11) is 0. The summed E-state index contributed by atoms with van der Waals surface area (Å²) in [6, 6.07) is 10.4. The minimum Gasteiger partial charge on any atom is -0.478 e. The van der Waals surface area contributed by atoms with Crippen molar-refractivity contribution in [2.75, 3.05) is 0 Å². The number of ether oxygens (including phenoxy) is 1. The zero-order valence-electron chi connectivity index (χ0n) is 16.6. The predicted octanol–water partition coefficient (Wildman–Crippen LogP) is 5.55. The second-order valence-corrected chi connectivity index (χ2v) is 7.92. The Kier molecular flexibility index (Phi) is 7.41. The smallest absolute Gasteiger partial charge is 0.263 e. The molecular weight excluding hydrogens is 384 g/mol. The SMILES string of the molecule is CCC(Cc1ccc(Cl)cc1)C(C)NC(=O)C(C)(C)Oc1cc(F)cc(F)c1. The van der Waals surface area contributed by atoms with Crippen LogP contribution in [0.1, 0.15) is 39.7 Å². The monoisotopic (exact) mass is 409 g/mol. The summed E-state index contributed by atoms with van der Waals surface area (Å²) in [5.74, 6) is -1.67. The Bertz CT molecular complexity index is 788. The molecule has 0 fully saturated rings. The van der Waals surface area contributed by atoms with E-state index in [1.807, 2.05) is 31.2 Å². The van der Waals surface area contributed by atoms with Gasteiger partial charge in [0.25, 0.3) is 5.91 Å². The van der Waals surface area contributed by atoms with Gasteiger partial charge in [0, 0.05) is 29.3 Å². The molecule has 2 unspecified atom stereocenters. The third-order valence-electron chi connectivity index (χ3n) is 4.76. The molecule has 1 N–H and O–H groups in total. The molecule has 0 saturated heterocycles. The maximum atomic E-state index is 13.4. The van der Waals surface area contributed by atoms with Crippen LogP contribution in [0, 0.1) is 17.6 Å². The van der Waals surface area contributed by atoms with E-state index in [-0.39, 0.29) is 23.6 Å². The van der Waals surface area contributed by atoms with Crippen molar-refractivity contribution < 1.29 is 18.3 Å². The van der Waals surface area contributed by atoms with E-state index in [9.17, 15) is 13.6 Å². The van der Waals surface area contributed by atoms with E-state index in [0.29, 0.717) is 5.02 Å². The first-order valence-electron chi connectivity index (χ1n) is 9.31. The van der Waals surface area contributed by atoms with E-state index in [4.69, 9.17) is 16.3 Å². The van der Waals surface area contributed by atoms with Crippen molar-refractivity contribution in [3.63, 3.8) is 0 Å². The number of carbonyl (C=O) groups excluding carboxylic acids is 1. The summed E-state index contributed by atoms with van der Waals surface area (Å²) in [5.41, 5.74) is -0.143. The number of nitrogens with one attached hydrogen (secondary N) is 1. The van der Waals surface area contributed by atoms with Crippen LogP contribution in [-0.4, -0.2) is 17.6 Å². The van der Waals surface area contributed by atoms with Gasteiger partial charge in [-0.1, -0.05) is 37.1 Å². The number of carbonyl (C=O) groups is 1. The normalized spacial score (nSPS) is 13.7. The summed E-state index contributed by atoms with van der Waals surface area (Å²) in [5, 5.41) is 3.66. The van der Waals surface area contributed by atoms with Gasteiger partial charge in [0.15, 0.2) is 5.60 Å². The zero-order valence-corrected chi connectivity index (χ0v) is 17.3. The van der Waals surface area contributed by atoms with Gasteiger partial charge in [-0.3, -0.25) is 4.79 Å². The largest absolute Gasteiger partial charge is 0.478 e. The second-order valence-electron chi connectivity index (χ2n) is 7.48. The summed E-state index contributed by atoms with van der Waals surface area (Å²) < 4.78 is 32.3. The average Bonchev–Trinajstić information content (AvgIpc) is 2.59. The first kappa shape index (κ1) is 22.2. The molecule has 0 radical (unpaired) electrons. The Morgan fingerprint density at radius 1 is 1.14 bits per heavy atom. The molecule has 0 heterocycles. The van der Waals surface area contributed by atoms with E-state index in [1.165, 1.54) is 0 Å². The van der Waals surface area contributed by atoms with Crippen LogP contribution in [0.25, 0.3) is 0 Å². The van der Waals surface area contributed by atoms with Crippen LogP contribution in [-0.2, 0) is 11.2 Å². The number of benzene rings is 2. The van der Waals surface area contributed by atoms with Gasteiger partial charge in [-0.05, 0) is 50.8 Å². The van der Waals surface area contributed by atoms with Crippen molar-refractivity contribution in [3.05, 3.63) is 64.7 Å². The Morgan fingerprint density at radius 3 is 2.25 bits per heavy atom. The molecule has 1 amide bonds. The highest BCUT2D eigenvalue weighted by Gasteiger charge is 2.32. The van der Waals surface area contributed by atoms with Crippen molar-refractivity contribution in [1.82, 2.24) is 5.32 Å². The molecule has 0 aliphatic carbocycles. The molecule has 0 bridgehead atoms. The summed E-state index contributed by atoms with van der Waals surface area (Å²) in [6.45, 7) is 7.15. The number of hydrogen-bond acceptors (Lipinski definition) is 2. The molecule has 6 heteroatoms. The van der Waals surface area contributed by atoms with Crippen molar-refractivity contribution in [1.29, 1.82) is 0 Å². The number of amides is 1. The molecule has 0 spiro atoms. The molecular formula is C22H26ClF2NO2. The van der Waals surface area contributed by atoms with Gasteiger partial charge in [-0.2, -0.15) is 0 Å². The van der Waals surface area contributed by atoms with Crippen LogP contribution in [0.15, 0.2) is 42.5 Å². The first-order valence-corrected chi connectivity index (χ1v) is 9.69. The van der Waals surface area contributed by atoms with Crippen molar-refractivity contribution in [2.45, 2.75) is 52.2 Å². The van der Waals surface area contributed by atoms with Crippen LogP contribution in [0.5, 0.6) is 5.75 Å². The average molecular weight is 410 g/mol. The molecule has 0 aliphatic rings. The molecule has 2 aromatic rings. The fraction of sp³-hybridized carbons (Fsp3) is 0.409. The topological polar surface area (TPSA) is 38.3 Å². The van der Waals surface area contributed by atoms with Gasteiger partial charge < -0.3 is 10.1 Å². The minimum atomic E-state index is -1.28. The summed E-state index contributed by atoms with van der Waals surface area (Å²) in [6.07, 6.45) is 1.67. The molecule has 0 aromatic heterocycles. The highest BCUT2D eigenvalue weighted by molar-refractivity contribution is 6.30. The molecule has 2 rings (SSSR count). The Balaban J connectivity index is 2.02. The molecule has 3 nitrogen and oxygen atoms in total. The second kappa shape index (κ2) is 9.37. The van der Waals surface area contributed by atoms with Gasteiger partial charge in [-0.25, -0.2) is 8.78 Å². The number of rotatable bonds is 8. The van der Waals surface area contributed by atoms with Crippen LogP contribution in [0.3, 0.4) is 0 Å². The van der Waals surface area contributed by atoms with Crippen molar-refractivity contribution in [2.24, 2.45) is 5.92 Å². The Hall–Kier alpha value is -2.14. The van der Waals surface area contributed by atoms with E-state index in [2.05, 4.69) is 12.2 Å². The van der Waals surface area contributed by atoms with E-state index >= 15 is 0 Å². The fourth-order valence-electron chi connectivity index (χ4n) is 3.02. The summed E-state index contributed by atoms with van der Waals surface area (Å²) in [4.78, 5) is 12.7. The molecule has 0 aliphatic heterocycles. The minimum absolute atomic E-state index is 0.0292. The van der Waals surface area contributed by atoms with Gasteiger partial charge in [-0.15, -0.1) is 0 Å². The fourth-order valence-corrected chi connectivity index (χ4v) is 3.15. The van der Waals surface area contributed by atoms with Crippen LogP contribution in [0.2, 0.25) is 5.02 Å². The zero-order chi connectivity index (χ0) is 20.9. The van der Waals surface area contributed by atoms with E-state index in [1.54, 1.807) is 13.8 Å². The standard InChI is InChI=1S/C22H26ClF2NO2/c1-5-16(10-15-6-8-17(23)9-7-15)14(2)26-21(27)22(3,4)28-20-12-18(24)11-19(25)13-20/h6-9,11-14,16H,5,10H2,1-4H3,(H,26,27). The van der Waals surface area contributed by atoms with E-state index < -0.39 is 17.2 Å². The lowest BCUT2D eigenvalue weighted by molar-refractivity contribution is -0.135. The van der Waals surface area contributed by atoms with Gasteiger partial charge >= 0.3 is 0 Å². The number of halogens is 3. The molecule has 0 saturated carbocycles. The molecule has 2 aromatic carbocycles. The summed E-state index contributed by atoms with van der Waals surface area (Å²) >= 11 is 5.93. The highest BCUT2D eigenvalue weighted by atomic mass is 35.5. The van der Waals surface area contributed by atoms with Gasteiger partial charge in [0.05, 0.1) is 0 Å². The Morgan fingerprint density at radius 2 is 1.71 bits per heavy atom. The van der Waals surface area contributed by atoms with Crippen molar-refractivity contribution in [3.8, 4) is 5.75 Å². The van der Waals surface area contributed by atoms with Crippen LogP contribution >= 0.6 is 11.6 Å². The van der Waals surface area contributed by atoms with Crippen molar-refractivity contribution >= 4 is 17.5 Å². The number of hydrogen-bond donors (Lipinski definition) is 1. The molecule has 2 atom stereocenters. The predicted molar refractivity (Wildman–Crippen MR) is 108 cm³/mol. The maximum Gasteiger partial charge on any atom is 0.263 e. The first-order chi connectivity index (χ1) is 13.1. The Labute approximate surface area is 170 Å². The lowest BCUT2D eigenvalue weighted by Crippen LogP contribution is -2.51. The third-order valence-corrected chi connectivity index (χ3v) is 5.01. The quantitative estimate of drug-likeness (QED) is 0.620.